The minimum absolute atomic E-state index is 0.521. The molecule has 2 N–H and O–H groups in total. The molecular formula is C12H12BrNO2S. The van der Waals surface area contributed by atoms with Crippen molar-refractivity contribution in [3.8, 4) is 11.5 Å². The van der Waals surface area contributed by atoms with Gasteiger partial charge in [0.2, 0.25) is 0 Å². The molecule has 0 saturated heterocycles. The molecule has 1 heterocycles. The van der Waals surface area contributed by atoms with Gasteiger partial charge in [-0.05, 0) is 40.2 Å². The molecular weight excluding hydrogens is 302 g/mol. The summed E-state index contributed by atoms with van der Waals surface area (Å²) >= 11 is 5.06. The average Bonchev–Trinajstić information content (AvgIpc) is 2.73. The van der Waals surface area contributed by atoms with Gasteiger partial charge in [0.25, 0.3) is 0 Å². The van der Waals surface area contributed by atoms with Crippen molar-refractivity contribution in [1.29, 1.82) is 0 Å². The van der Waals surface area contributed by atoms with Gasteiger partial charge in [-0.1, -0.05) is 0 Å². The summed E-state index contributed by atoms with van der Waals surface area (Å²) in [7, 11) is 1.61. The van der Waals surface area contributed by atoms with Gasteiger partial charge in [-0.25, -0.2) is 0 Å². The first-order valence-corrected chi connectivity index (χ1v) is 6.60. The van der Waals surface area contributed by atoms with Crippen molar-refractivity contribution in [2.75, 3.05) is 12.8 Å². The van der Waals surface area contributed by atoms with Crippen LogP contribution in [0.4, 0.5) is 5.69 Å². The number of anilines is 1. The van der Waals surface area contributed by atoms with Gasteiger partial charge in [0, 0.05) is 10.9 Å². The first kappa shape index (κ1) is 12.3. The number of thiophene rings is 1. The summed E-state index contributed by atoms with van der Waals surface area (Å²) < 4.78 is 11.8. The minimum Gasteiger partial charge on any atom is -0.497 e. The monoisotopic (exact) mass is 313 g/mol. The summed E-state index contributed by atoms with van der Waals surface area (Å²) in [5.41, 5.74) is 6.44. The van der Waals surface area contributed by atoms with Crippen molar-refractivity contribution in [3.63, 3.8) is 0 Å². The Hall–Kier alpha value is -1.20. The summed E-state index contributed by atoms with van der Waals surface area (Å²) in [5, 5.41) is 0. The summed E-state index contributed by atoms with van der Waals surface area (Å²) in [6.07, 6.45) is 0. The molecule has 0 amide bonds. The van der Waals surface area contributed by atoms with E-state index in [1.807, 2.05) is 24.3 Å². The number of nitrogens with two attached hydrogens (primary N) is 1. The molecule has 0 aliphatic carbocycles. The fourth-order valence-corrected chi connectivity index (χ4v) is 2.76. The van der Waals surface area contributed by atoms with Gasteiger partial charge in [0.15, 0.2) is 0 Å². The Morgan fingerprint density at radius 3 is 2.71 bits per heavy atom. The highest BCUT2D eigenvalue weighted by molar-refractivity contribution is 9.11. The normalized spacial score (nSPS) is 10.2. The van der Waals surface area contributed by atoms with E-state index in [-0.39, 0.29) is 0 Å². The molecule has 0 aliphatic heterocycles. The van der Waals surface area contributed by atoms with Crippen LogP contribution in [0.3, 0.4) is 0 Å². The number of hydrogen-bond donors (Lipinski definition) is 1. The molecule has 0 unspecified atom stereocenters. The van der Waals surface area contributed by atoms with E-state index in [2.05, 4.69) is 15.9 Å². The van der Waals surface area contributed by atoms with Crippen molar-refractivity contribution in [2.45, 2.75) is 6.61 Å². The molecule has 0 bridgehead atoms. The van der Waals surface area contributed by atoms with Crippen LogP contribution in [-0.2, 0) is 6.61 Å². The lowest BCUT2D eigenvalue weighted by atomic mass is 10.3. The van der Waals surface area contributed by atoms with E-state index in [4.69, 9.17) is 15.2 Å². The van der Waals surface area contributed by atoms with Crippen molar-refractivity contribution in [3.05, 3.63) is 39.0 Å². The van der Waals surface area contributed by atoms with Gasteiger partial charge in [0.1, 0.15) is 18.1 Å². The lowest BCUT2D eigenvalue weighted by Crippen LogP contribution is -1.97. The molecule has 90 valence electrons. The van der Waals surface area contributed by atoms with Gasteiger partial charge < -0.3 is 15.2 Å². The molecule has 1 aromatic heterocycles. The van der Waals surface area contributed by atoms with Crippen LogP contribution in [0.25, 0.3) is 0 Å². The van der Waals surface area contributed by atoms with Crippen LogP contribution in [0.2, 0.25) is 0 Å². The molecule has 1 aromatic carbocycles. The predicted octanol–water partition coefficient (Wildman–Crippen LogP) is 3.68. The molecule has 0 spiro atoms. The second kappa shape index (κ2) is 5.42. The van der Waals surface area contributed by atoms with Gasteiger partial charge in [-0.15, -0.1) is 11.3 Å². The maximum Gasteiger partial charge on any atom is 0.143 e. The zero-order valence-corrected chi connectivity index (χ0v) is 11.7. The molecule has 17 heavy (non-hydrogen) atoms. The fraction of sp³-hybridized carbons (Fsp3) is 0.167. The molecule has 0 fully saturated rings. The van der Waals surface area contributed by atoms with E-state index < -0.39 is 0 Å². The van der Waals surface area contributed by atoms with Gasteiger partial charge in [-0.3, -0.25) is 0 Å². The molecule has 3 nitrogen and oxygen atoms in total. The second-order valence-electron chi connectivity index (χ2n) is 3.40. The smallest absolute Gasteiger partial charge is 0.143 e. The van der Waals surface area contributed by atoms with E-state index >= 15 is 0 Å². The maximum atomic E-state index is 5.86. The summed E-state index contributed by atoms with van der Waals surface area (Å²) in [6.45, 7) is 0.521. The van der Waals surface area contributed by atoms with Crippen LogP contribution in [0.15, 0.2) is 34.1 Å². The van der Waals surface area contributed by atoms with Crippen LogP contribution in [0.1, 0.15) is 4.88 Å². The standard InChI is InChI=1S/C12H12BrNO2S/c1-15-8-2-4-11(10(14)6-8)16-7-9-3-5-12(13)17-9/h2-6H,7,14H2,1H3. The summed E-state index contributed by atoms with van der Waals surface area (Å²) in [6, 6.07) is 9.42. The number of halogens is 1. The first-order valence-electron chi connectivity index (χ1n) is 4.99. The minimum atomic E-state index is 0.521. The molecule has 2 rings (SSSR count). The predicted molar refractivity (Wildman–Crippen MR) is 73.8 cm³/mol. The Balaban J connectivity index is 2.04. The highest BCUT2D eigenvalue weighted by Gasteiger charge is 2.04. The molecule has 0 saturated carbocycles. The number of benzene rings is 1. The number of hydrogen-bond acceptors (Lipinski definition) is 4. The van der Waals surface area contributed by atoms with Crippen LogP contribution in [0, 0.1) is 0 Å². The van der Waals surface area contributed by atoms with Gasteiger partial charge in [-0.2, -0.15) is 0 Å². The fourth-order valence-electron chi connectivity index (χ4n) is 1.36. The number of nitrogen functional groups attached to an aromatic ring is 1. The Morgan fingerprint density at radius 1 is 1.29 bits per heavy atom. The third-order valence-electron chi connectivity index (χ3n) is 2.22. The van der Waals surface area contributed by atoms with E-state index in [1.54, 1.807) is 24.5 Å². The van der Waals surface area contributed by atoms with Crippen molar-refractivity contribution >= 4 is 33.0 Å². The van der Waals surface area contributed by atoms with Gasteiger partial charge >= 0.3 is 0 Å². The molecule has 5 heteroatoms. The Labute approximate surface area is 112 Å². The summed E-state index contributed by atoms with van der Waals surface area (Å²) in [5.74, 6) is 1.41. The Kier molecular flexibility index (Phi) is 3.91. The van der Waals surface area contributed by atoms with E-state index in [9.17, 15) is 0 Å². The highest BCUT2D eigenvalue weighted by atomic mass is 79.9. The SMILES string of the molecule is COc1ccc(OCc2ccc(Br)s2)c(N)c1. The molecule has 0 atom stereocenters. The topological polar surface area (TPSA) is 44.5 Å². The van der Waals surface area contributed by atoms with Crippen LogP contribution >= 0.6 is 27.3 Å². The third kappa shape index (κ3) is 3.14. The van der Waals surface area contributed by atoms with Gasteiger partial charge in [0.05, 0.1) is 16.6 Å². The Morgan fingerprint density at radius 2 is 2.12 bits per heavy atom. The Bertz CT molecular complexity index is 513. The van der Waals surface area contributed by atoms with Crippen molar-refractivity contribution in [1.82, 2.24) is 0 Å². The zero-order valence-electron chi connectivity index (χ0n) is 9.27. The summed E-state index contributed by atoms with van der Waals surface area (Å²) in [4.78, 5) is 1.15. The lowest BCUT2D eigenvalue weighted by molar-refractivity contribution is 0.311. The number of ether oxygens (including phenoxy) is 2. The number of methoxy groups -OCH3 is 1. The van der Waals surface area contributed by atoms with E-state index in [1.165, 1.54) is 0 Å². The van der Waals surface area contributed by atoms with E-state index in [0.717, 1.165) is 14.4 Å². The lowest BCUT2D eigenvalue weighted by Gasteiger charge is -2.09. The molecule has 0 radical (unpaired) electrons. The quantitative estimate of drug-likeness (QED) is 0.876. The third-order valence-corrected chi connectivity index (χ3v) is 3.81. The zero-order chi connectivity index (χ0) is 12.3. The largest absolute Gasteiger partial charge is 0.497 e. The molecule has 2 aromatic rings. The number of rotatable bonds is 4. The highest BCUT2D eigenvalue weighted by Crippen LogP contribution is 2.28. The molecule has 0 aliphatic rings. The van der Waals surface area contributed by atoms with Crippen LogP contribution in [0.5, 0.6) is 11.5 Å². The van der Waals surface area contributed by atoms with E-state index in [0.29, 0.717) is 18.0 Å². The van der Waals surface area contributed by atoms with Crippen molar-refractivity contribution in [2.24, 2.45) is 0 Å². The van der Waals surface area contributed by atoms with Crippen LogP contribution in [-0.4, -0.2) is 7.11 Å². The second-order valence-corrected chi connectivity index (χ2v) is 5.95. The first-order chi connectivity index (χ1) is 8.19. The van der Waals surface area contributed by atoms with Crippen molar-refractivity contribution < 1.29 is 9.47 Å². The van der Waals surface area contributed by atoms with Crippen LogP contribution < -0.4 is 15.2 Å². The maximum absolute atomic E-state index is 5.86. The average molecular weight is 314 g/mol.